The Morgan fingerprint density at radius 3 is 2.71 bits per heavy atom. The highest BCUT2D eigenvalue weighted by atomic mass is 32.2. The van der Waals surface area contributed by atoms with Crippen molar-refractivity contribution in [3.63, 3.8) is 0 Å². The number of hydrogen-bond acceptors (Lipinski definition) is 5. The Labute approximate surface area is 204 Å². The topological polar surface area (TPSA) is 96.3 Å². The van der Waals surface area contributed by atoms with Crippen molar-refractivity contribution >= 4 is 35.2 Å². The van der Waals surface area contributed by atoms with E-state index >= 15 is 0 Å². The lowest BCUT2D eigenvalue weighted by atomic mass is 9.94. The van der Waals surface area contributed by atoms with Crippen molar-refractivity contribution in [3.8, 4) is 0 Å². The number of benzene rings is 1. The molecule has 2 N–H and O–H groups in total. The van der Waals surface area contributed by atoms with Crippen molar-refractivity contribution in [1.82, 2.24) is 20.0 Å². The molecule has 1 aliphatic carbocycles. The van der Waals surface area contributed by atoms with Gasteiger partial charge in [-0.3, -0.25) is 19.1 Å². The third-order valence-corrected chi connectivity index (χ3v) is 7.50. The summed E-state index contributed by atoms with van der Waals surface area (Å²) in [4.78, 5) is 42.6. The van der Waals surface area contributed by atoms with E-state index in [9.17, 15) is 14.4 Å². The molecule has 0 bridgehead atoms. The maximum atomic E-state index is 13.5. The fourth-order valence-electron chi connectivity index (χ4n) is 4.73. The van der Waals surface area contributed by atoms with Crippen molar-refractivity contribution in [3.05, 3.63) is 41.7 Å². The molecule has 34 heavy (non-hydrogen) atoms. The van der Waals surface area contributed by atoms with E-state index in [-0.39, 0.29) is 36.0 Å². The van der Waals surface area contributed by atoms with Gasteiger partial charge in [-0.15, -0.1) is 11.8 Å². The van der Waals surface area contributed by atoms with Crippen molar-refractivity contribution in [2.24, 2.45) is 0 Å². The number of fused-ring (bicyclic) bond motifs is 1. The summed E-state index contributed by atoms with van der Waals surface area (Å²) in [7, 11) is 0. The molecule has 8 nitrogen and oxygen atoms in total. The largest absolute Gasteiger partial charge is 0.351 e. The number of anilines is 1. The van der Waals surface area contributed by atoms with Crippen LogP contribution in [0.25, 0.3) is 0 Å². The Bertz CT molecular complexity index is 1080. The fraction of sp³-hybridized carbons (Fsp3) is 0.520. The highest BCUT2D eigenvalue weighted by Crippen LogP contribution is 2.29. The first-order valence-electron chi connectivity index (χ1n) is 12.0. The van der Waals surface area contributed by atoms with Crippen LogP contribution >= 0.6 is 11.8 Å². The molecule has 1 aromatic carbocycles. The molecule has 0 spiro atoms. The average Bonchev–Trinajstić information content (AvgIpc) is 3.49. The Balaban J connectivity index is 1.59. The van der Waals surface area contributed by atoms with Gasteiger partial charge in [0.15, 0.2) is 5.69 Å². The minimum atomic E-state index is -1.06. The first-order valence-corrected chi connectivity index (χ1v) is 13.2. The third kappa shape index (κ3) is 4.85. The Morgan fingerprint density at radius 2 is 2.00 bits per heavy atom. The predicted molar refractivity (Wildman–Crippen MR) is 133 cm³/mol. The molecular weight excluding hydrogens is 450 g/mol. The molecule has 1 fully saturated rings. The molecule has 1 saturated carbocycles. The van der Waals surface area contributed by atoms with E-state index < -0.39 is 5.54 Å². The second-order valence-electron chi connectivity index (χ2n) is 9.30. The number of hydrogen-bond donors (Lipinski definition) is 2. The minimum Gasteiger partial charge on any atom is -0.351 e. The number of unbranched alkanes of at least 4 members (excludes halogenated alkanes) is 1. The average molecular weight is 484 g/mol. The highest BCUT2D eigenvalue weighted by Gasteiger charge is 2.48. The summed E-state index contributed by atoms with van der Waals surface area (Å²) in [5.41, 5.74) is 0.104. The van der Waals surface area contributed by atoms with Crippen LogP contribution in [0.3, 0.4) is 0 Å². The van der Waals surface area contributed by atoms with Crippen LogP contribution in [0.2, 0.25) is 0 Å². The summed E-state index contributed by atoms with van der Waals surface area (Å²) >= 11 is 1.59. The van der Waals surface area contributed by atoms with Crippen LogP contribution in [-0.4, -0.2) is 56.8 Å². The zero-order valence-corrected chi connectivity index (χ0v) is 20.9. The number of carbonyl (C=O) groups is 3. The molecule has 0 radical (unpaired) electrons. The molecule has 0 saturated heterocycles. The van der Waals surface area contributed by atoms with Gasteiger partial charge >= 0.3 is 0 Å². The molecule has 1 atom stereocenters. The molecule has 1 aliphatic heterocycles. The summed E-state index contributed by atoms with van der Waals surface area (Å²) in [6, 6.07) is 9.24. The van der Waals surface area contributed by atoms with Gasteiger partial charge < -0.3 is 15.5 Å². The number of aromatic nitrogens is 2. The van der Waals surface area contributed by atoms with E-state index in [0.29, 0.717) is 17.9 Å². The van der Waals surface area contributed by atoms with Crippen LogP contribution in [-0.2, 0) is 11.3 Å². The Hall–Kier alpha value is -2.81. The van der Waals surface area contributed by atoms with Gasteiger partial charge in [-0.25, -0.2) is 0 Å². The number of nitrogens with zero attached hydrogens (tertiary/aromatic N) is 3. The quantitative estimate of drug-likeness (QED) is 0.555. The van der Waals surface area contributed by atoms with E-state index in [1.54, 1.807) is 16.7 Å². The number of amides is 3. The maximum Gasteiger partial charge on any atom is 0.276 e. The summed E-state index contributed by atoms with van der Waals surface area (Å²) in [6.07, 6.45) is 7.85. The van der Waals surface area contributed by atoms with E-state index in [1.807, 2.05) is 37.4 Å². The molecule has 9 heteroatoms. The van der Waals surface area contributed by atoms with Crippen LogP contribution in [0.1, 0.15) is 73.3 Å². The zero-order valence-electron chi connectivity index (χ0n) is 20.1. The van der Waals surface area contributed by atoms with Gasteiger partial charge in [0.2, 0.25) is 5.91 Å². The number of nitrogens with one attached hydrogen (secondary N) is 2. The molecule has 182 valence electrons. The number of carbonyl (C=O) groups excluding carboxylic acids is 3. The van der Waals surface area contributed by atoms with Gasteiger partial charge in [0.25, 0.3) is 11.8 Å². The lowest BCUT2D eigenvalue weighted by Crippen LogP contribution is -2.65. The zero-order chi connectivity index (χ0) is 24.3. The van der Waals surface area contributed by atoms with E-state index in [1.165, 1.54) is 10.7 Å². The third-order valence-electron chi connectivity index (χ3n) is 6.77. The standard InChI is InChI=1S/C25H33N5O3S/c1-4-5-13-29-23(32)21-15-20(22(31)26-18-11-8-12-19(14-18)34-3)28-30(21)16-25(29,2)24(33)27-17-9-6-7-10-17/h8,11-12,14-15,17H,4-7,9-10,13,16H2,1-3H3,(H,26,31)(H,27,33)/t25-/m1/s1. The van der Waals surface area contributed by atoms with Gasteiger partial charge in [0.05, 0.1) is 6.54 Å². The van der Waals surface area contributed by atoms with Crippen molar-refractivity contribution < 1.29 is 14.4 Å². The normalized spacial score (nSPS) is 20.3. The summed E-state index contributed by atoms with van der Waals surface area (Å²) in [5, 5.41) is 10.5. The summed E-state index contributed by atoms with van der Waals surface area (Å²) in [5.74, 6) is -0.797. The SMILES string of the molecule is CCCCN1C(=O)c2cc(C(=O)Nc3cccc(SC)c3)nn2C[C@]1(C)C(=O)NC1CCCC1. The Kier molecular flexibility index (Phi) is 7.30. The molecule has 3 amide bonds. The van der Waals surface area contributed by atoms with Gasteiger partial charge in [-0.05, 0) is 50.6 Å². The summed E-state index contributed by atoms with van der Waals surface area (Å²) in [6.45, 7) is 4.57. The smallest absolute Gasteiger partial charge is 0.276 e. The Morgan fingerprint density at radius 1 is 1.24 bits per heavy atom. The second-order valence-corrected chi connectivity index (χ2v) is 10.2. The van der Waals surface area contributed by atoms with Gasteiger partial charge in [0.1, 0.15) is 11.2 Å². The van der Waals surface area contributed by atoms with Crippen LogP contribution in [0.4, 0.5) is 5.69 Å². The maximum absolute atomic E-state index is 13.5. The molecule has 4 rings (SSSR count). The predicted octanol–water partition coefficient (Wildman–Crippen LogP) is 3.93. The molecule has 0 unspecified atom stereocenters. The van der Waals surface area contributed by atoms with E-state index in [0.717, 1.165) is 43.4 Å². The number of rotatable bonds is 8. The van der Waals surface area contributed by atoms with E-state index in [4.69, 9.17) is 0 Å². The van der Waals surface area contributed by atoms with Gasteiger partial charge in [-0.1, -0.05) is 32.3 Å². The van der Waals surface area contributed by atoms with Crippen LogP contribution in [0.15, 0.2) is 35.2 Å². The number of thioether (sulfide) groups is 1. The second kappa shape index (κ2) is 10.2. The fourth-order valence-corrected chi connectivity index (χ4v) is 5.19. The first-order chi connectivity index (χ1) is 16.4. The molecule has 2 aliphatic rings. The van der Waals surface area contributed by atoms with Gasteiger partial charge in [0, 0.05) is 29.2 Å². The van der Waals surface area contributed by atoms with Crippen molar-refractivity contribution in [2.45, 2.75) is 75.4 Å². The molecular formula is C25H33N5O3S. The lowest BCUT2D eigenvalue weighted by Gasteiger charge is -2.43. The molecule has 2 aromatic rings. The minimum absolute atomic E-state index is 0.148. The molecule has 2 heterocycles. The lowest BCUT2D eigenvalue weighted by molar-refractivity contribution is -0.133. The first kappa shape index (κ1) is 24.3. The van der Waals surface area contributed by atoms with Crippen LogP contribution in [0, 0.1) is 0 Å². The van der Waals surface area contributed by atoms with Crippen molar-refractivity contribution in [2.75, 3.05) is 18.1 Å². The van der Waals surface area contributed by atoms with Crippen LogP contribution in [0.5, 0.6) is 0 Å². The van der Waals surface area contributed by atoms with Crippen molar-refractivity contribution in [1.29, 1.82) is 0 Å². The van der Waals surface area contributed by atoms with Crippen LogP contribution < -0.4 is 10.6 Å². The van der Waals surface area contributed by atoms with E-state index in [2.05, 4.69) is 22.7 Å². The molecule has 1 aromatic heterocycles. The summed E-state index contributed by atoms with van der Waals surface area (Å²) < 4.78 is 1.52. The monoisotopic (exact) mass is 483 g/mol. The van der Waals surface area contributed by atoms with Gasteiger partial charge in [-0.2, -0.15) is 5.10 Å². The highest BCUT2D eigenvalue weighted by molar-refractivity contribution is 7.98.